The van der Waals surface area contributed by atoms with E-state index in [0.29, 0.717) is 0 Å². The highest BCUT2D eigenvalue weighted by Gasteiger charge is 2.17. The molecule has 1 aliphatic rings. The minimum absolute atomic E-state index is 0.0744. The van der Waals surface area contributed by atoms with Gasteiger partial charge in [0.2, 0.25) is 0 Å². The van der Waals surface area contributed by atoms with Crippen molar-refractivity contribution >= 4 is 15.9 Å². The molecule has 0 bridgehead atoms. The van der Waals surface area contributed by atoms with Crippen molar-refractivity contribution in [3.8, 4) is 0 Å². The van der Waals surface area contributed by atoms with E-state index in [2.05, 4.69) is 34.1 Å². The molecule has 20 heavy (non-hydrogen) atoms. The Balaban J connectivity index is 1.97. The van der Waals surface area contributed by atoms with Crippen LogP contribution in [-0.2, 0) is 12.8 Å². The minimum Gasteiger partial charge on any atom is -0.207 e. The molecule has 0 saturated heterocycles. The zero-order valence-electron chi connectivity index (χ0n) is 11.6. The zero-order valence-corrected chi connectivity index (χ0v) is 13.2. The van der Waals surface area contributed by atoms with E-state index < -0.39 is 0 Å². The lowest BCUT2D eigenvalue weighted by atomic mass is 9.89. The number of benzene rings is 2. The molecule has 0 aliphatic heterocycles. The first-order valence-corrected chi connectivity index (χ1v) is 8.08. The van der Waals surface area contributed by atoms with Crippen molar-refractivity contribution in [2.24, 2.45) is 0 Å². The van der Waals surface area contributed by atoms with Gasteiger partial charge in [-0.25, -0.2) is 4.39 Å². The maximum absolute atomic E-state index is 14.0. The largest absolute Gasteiger partial charge is 0.207 e. The van der Waals surface area contributed by atoms with Gasteiger partial charge in [-0.1, -0.05) is 51.8 Å². The van der Waals surface area contributed by atoms with E-state index >= 15 is 0 Å². The van der Waals surface area contributed by atoms with Crippen LogP contribution in [0.3, 0.4) is 0 Å². The summed E-state index contributed by atoms with van der Waals surface area (Å²) < 4.78 is 14.0. The van der Waals surface area contributed by atoms with Gasteiger partial charge in [0.25, 0.3) is 0 Å². The fraction of sp³-hybridized carbons (Fsp3) is 0.333. The first kappa shape index (κ1) is 13.8. The molecular weight excluding hydrogens is 315 g/mol. The van der Waals surface area contributed by atoms with Crippen LogP contribution in [0.1, 0.15) is 45.5 Å². The second kappa shape index (κ2) is 5.69. The van der Waals surface area contributed by atoms with Crippen LogP contribution in [0.5, 0.6) is 0 Å². The molecule has 104 valence electrons. The smallest absolute Gasteiger partial charge is 0.127 e. The van der Waals surface area contributed by atoms with Crippen molar-refractivity contribution < 1.29 is 4.39 Å². The molecule has 2 heteroatoms. The maximum atomic E-state index is 14.0. The molecule has 0 fully saturated rings. The Morgan fingerprint density at radius 3 is 2.55 bits per heavy atom. The van der Waals surface area contributed by atoms with Crippen molar-refractivity contribution in [3.05, 3.63) is 70.0 Å². The average Bonchev–Trinajstić information content (AvgIpc) is 2.48. The highest BCUT2D eigenvalue weighted by molar-refractivity contribution is 9.09. The summed E-state index contributed by atoms with van der Waals surface area (Å²) in [6, 6.07) is 11.9. The second-order valence-corrected chi connectivity index (χ2v) is 6.54. The molecule has 1 atom stereocenters. The molecule has 1 aliphatic carbocycles. The number of halogens is 2. The van der Waals surface area contributed by atoms with E-state index in [9.17, 15) is 4.39 Å². The molecule has 2 aromatic carbocycles. The Labute approximate surface area is 128 Å². The number of rotatable bonds is 2. The van der Waals surface area contributed by atoms with Crippen molar-refractivity contribution in [2.45, 2.75) is 37.4 Å². The summed E-state index contributed by atoms with van der Waals surface area (Å²) in [7, 11) is 0. The maximum Gasteiger partial charge on any atom is 0.127 e. The summed E-state index contributed by atoms with van der Waals surface area (Å²) in [4.78, 5) is -0.0744. The predicted molar refractivity (Wildman–Crippen MR) is 85.0 cm³/mol. The molecule has 3 rings (SSSR count). The highest BCUT2D eigenvalue weighted by atomic mass is 79.9. The van der Waals surface area contributed by atoms with Crippen LogP contribution < -0.4 is 0 Å². The topological polar surface area (TPSA) is 0 Å². The van der Waals surface area contributed by atoms with E-state index in [0.717, 1.165) is 23.1 Å². The fourth-order valence-electron chi connectivity index (χ4n) is 2.95. The predicted octanol–water partition coefficient (Wildman–Crippen LogP) is 5.50. The van der Waals surface area contributed by atoms with Crippen LogP contribution in [-0.4, -0.2) is 0 Å². The quantitative estimate of drug-likeness (QED) is 0.637. The average molecular weight is 333 g/mol. The van der Waals surface area contributed by atoms with Gasteiger partial charge < -0.3 is 0 Å². The molecule has 0 saturated carbocycles. The standard InChI is InChI=1S/C18H18BrF/c1-12-6-9-17(20)16(10-12)18(19)15-8-7-13-4-2-3-5-14(13)11-15/h6-11,18H,2-5H2,1H3. The summed E-state index contributed by atoms with van der Waals surface area (Å²) in [5.41, 5.74) is 5.86. The lowest BCUT2D eigenvalue weighted by molar-refractivity contribution is 0.613. The summed E-state index contributed by atoms with van der Waals surface area (Å²) in [5.74, 6) is -0.143. The third-order valence-corrected chi connectivity index (χ3v) is 5.11. The zero-order chi connectivity index (χ0) is 14.1. The molecule has 1 unspecified atom stereocenters. The van der Waals surface area contributed by atoms with Crippen molar-refractivity contribution in [3.63, 3.8) is 0 Å². The minimum atomic E-state index is -0.143. The van der Waals surface area contributed by atoms with Gasteiger partial charge in [-0.2, -0.15) is 0 Å². The molecule has 0 aromatic heterocycles. The Kier molecular flexibility index (Phi) is 3.93. The van der Waals surface area contributed by atoms with Crippen LogP contribution in [0.2, 0.25) is 0 Å². The molecule has 0 radical (unpaired) electrons. The molecule has 0 spiro atoms. The number of hydrogen-bond donors (Lipinski definition) is 0. The van der Waals surface area contributed by atoms with Gasteiger partial charge in [0.05, 0.1) is 4.83 Å². The van der Waals surface area contributed by atoms with Gasteiger partial charge in [-0.05, 0) is 55.4 Å². The van der Waals surface area contributed by atoms with Crippen molar-refractivity contribution in [1.29, 1.82) is 0 Å². The van der Waals surface area contributed by atoms with Gasteiger partial charge in [-0.3, -0.25) is 0 Å². The van der Waals surface area contributed by atoms with Gasteiger partial charge >= 0.3 is 0 Å². The van der Waals surface area contributed by atoms with Gasteiger partial charge in [0.15, 0.2) is 0 Å². The number of alkyl halides is 1. The van der Waals surface area contributed by atoms with Gasteiger partial charge in [-0.15, -0.1) is 0 Å². The summed E-state index contributed by atoms with van der Waals surface area (Å²) >= 11 is 3.67. The Morgan fingerprint density at radius 2 is 1.75 bits per heavy atom. The number of aryl methyl sites for hydroxylation is 3. The molecule has 0 amide bonds. The molecular formula is C18H18BrF. The summed E-state index contributed by atoms with van der Waals surface area (Å²) in [5, 5.41) is 0. The fourth-order valence-corrected chi connectivity index (χ4v) is 3.58. The van der Waals surface area contributed by atoms with E-state index in [4.69, 9.17) is 0 Å². The lowest BCUT2D eigenvalue weighted by Gasteiger charge is -2.19. The van der Waals surface area contributed by atoms with Crippen molar-refractivity contribution in [1.82, 2.24) is 0 Å². The first-order chi connectivity index (χ1) is 9.65. The monoisotopic (exact) mass is 332 g/mol. The third-order valence-electron chi connectivity index (χ3n) is 4.09. The van der Waals surface area contributed by atoms with E-state index in [1.165, 1.54) is 30.4 Å². The van der Waals surface area contributed by atoms with E-state index in [1.54, 1.807) is 6.07 Å². The molecule has 0 nitrogen and oxygen atoms in total. The second-order valence-electron chi connectivity index (χ2n) is 5.62. The van der Waals surface area contributed by atoms with Crippen LogP contribution in [0.25, 0.3) is 0 Å². The Morgan fingerprint density at radius 1 is 1.00 bits per heavy atom. The van der Waals surface area contributed by atoms with E-state index in [-0.39, 0.29) is 10.6 Å². The molecule has 0 N–H and O–H groups in total. The van der Waals surface area contributed by atoms with Crippen LogP contribution in [0.4, 0.5) is 4.39 Å². The van der Waals surface area contributed by atoms with Crippen LogP contribution in [0.15, 0.2) is 36.4 Å². The Bertz CT molecular complexity index is 633. The van der Waals surface area contributed by atoms with E-state index in [1.807, 2.05) is 19.1 Å². The van der Waals surface area contributed by atoms with Crippen molar-refractivity contribution in [2.75, 3.05) is 0 Å². The van der Waals surface area contributed by atoms with Crippen LogP contribution in [0, 0.1) is 12.7 Å². The molecule has 2 aromatic rings. The van der Waals surface area contributed by atoms with Gasteiger partial charge in [0.1, 0.15) is 5.82 Å². The van der Waals surface area contributed by atoms with Crippen LogP contribution >= 0.6 is 15.9 Å². The number of fused-ring (bicyclic) bond motifs is 1. The summed E-state index contributed by atoms with van der Waals surface area (Å²) in [6.45, 7) is 2.00. The number of hydrogen-bond acceptors (Lipinski definition) is 0. The lowest BCUT2D eigenvalue weighted by Crippen LogP contribution is -2.05. The Hall–Kier alpha value is -1.15. The first-order valence-electron chi connectivity index (χ1n) is 7.17. The SMILES string of the molecule is Cc1ccc(F)c(C(Br)c2ccc3c(c2)CCCC3)c1. The van der Waals surface area contributed by atoms with Gasteiger partial charge in [0, 0.05) is 5.56 Å². The third kappa shape index (κ3) is 2.67. The summed E-state index contributed by atoms with van der Waals surface area (Å²) in [6.07, 6.45) is 4.89. The highest BCUT2D eigenvalue weighted by Crippen LogP contribution is 2.35. The molecule has 0 heterocycles. The normalized spacial score (nSPS) is 15.8.